The highest BCUT2D eigenvalue weighted by molar-refractivity contribution is 6.03. The van der Waals surface area contributed by atoms with Crippen LogP contribution >= 0.6 is 0 Å². The topological polar surface area (TPSA) is 135 Å². The summed E-state index contributed by atoms with van der Waals surface area (Å²) >= 11 is 0. The van der Waals surface area contributed by atoms with Gasteiger partial charge in [0.25, 0.3) is 5.91 Å². The van der Waals surface area contributed by atoms with E-state index in [1.54, 1.807) is 44.0 Å². The van der Waals surface area contributed by atoms with Crippen molar-refractivity contribution in [3.8, 4) is 5.75 Å². The number of ether oxygens (including phenoxy) is 2. The minimum atomic E-state index is -0.482. The molecule has 1 aliphatic carbocycles. The lowest BCUT2D eigenvalue weighted by atomic mass is 9.91. The van der Waals surface area contributed by atoms with Crippen molar-refractivity contribution in [2.75, 3.05) is 29.6 Å². The predicted molar refractivity (Wildman–Crippen MR) is 161 cm³/mol. The van der Waals surface area contributed by atoms with E-state index >= 15 is 0 Å². The lowest BCUT2D eigenvalue weighted by Gasteiger charge is -2.42. The highest BCUT2D eigenvalue weighted by atomic mass is 16.5. The number of benzene rings is 2. The maximum Gasteiger partial charge on any atom is 0.323 e. The van der Waals surface area contributed by atoms with Crippen LogP contribution in [-0.4, -0.2) is 59.8 Å². The number of rotatable bonds is 5. The van der Waals surface area contributed by atoms with E-state index < -0.39 is 6.03 Å². The van der Waals surface area contributed by atoms with Crippen molar-refractivity contribution >= 4 is 34.9 Å². The number of nitrogens with one attached hydrogen (secondary N) is 3. The molecule has 11 heteroatoms. The standard InChI is InChI=1S/C32H37N5O6/c1-18-30(19(2)43-36-18)35-32(40)34-23-10-13-27-25(15-23)31(39)37(3)26-12-11-24(42-28(26)17-41-27)16-29(38)33-22-9-8-20-6-4-5-7-21(20)14-22/h8-10,13-15,24,26,28H,4-7,11-12,16-17H2,1-3H3,(H,33,38)(H2,34,35,40)/t24-,26+,28-/m1/s1. The van der Waals surface area contributed by atoms with E-state index in [0.29, 0.717) is 47.0 Å². The summed E-state index contributed by atoms with van der Waals surface area (Å²) in [6, 6.07) is 10.5. The van der Waals surface area contributed by atoms with Crippen molar-refractivity contribution < 1.29 is 28.4 Å². The van der Waals surface area contributed by atoms with Gasteiger partial charge < -0.3 is 34.8 Å². The summed E-state index contributed by atoms with van der Waals surface area (Å²) in [5, 5.41) is 12.4. The fourth-order valence-corrected chi connectivity index (χ4v) is 6.27. The Kier molecular flexibility index (Phi) is 8.07. The van der Waals surface area contributed by atoms with Crippen molar-refractivity contribution in [2.24, 2.45) is 0 Å². The summed E-state index contributed by atoms with van der Waals surface area (Å²) in [5.74, 6) is 0.589. The van der Waals surface area contributed by atoms with Crippen LogP contribution in [0.4, 0.5) is 21.9 Å². The molecule has 3 aliphatic rings. The number of urea groups is 1. The fourth-order valence-electron chi connectivity index (χ4n) is 6.27. The lowest BCUT2D eigenvalue weighted by Crippen LogP contribution is -2.53. The molecule has 6 rings (SSSR count). The molecule has 43 heavy (non-hydrogen) atoms. The molecule has 1 aromatic heterocycles. The maximum absolute atomic E-state index is 13.6. The van der Waals surface area contributed by atoms with Crippen LogP contribution < -0.4 is 20.7 Å². The van der Waals surface area contributed by atoms with E-state index in [9.17, 15) is 14.4 Å². The van der Waals surface area contributed by atoms with Gasteiger partial charge in [-0.2, -0.15) is 0 Å². The van der Waals surface area contributed by atoms with Crippen molar-refractivity contribution in [2.45, 2.75) is 77.0 Å². The molecule has 0 saturated carbocycles. The zero-order valence-electron chi connectivity index (χ0n) is 24.7. The zero-order valence-corrected chi connectivity index (χ0v) is 24.7. The molecule has 4 amide bonds. The molecule has 0 unspecified atom stereocenters. The summed E-state index contributed by atoms with van der Waals surface area (Å²) in [6.45, 7) is 3.68. The monoisotopic (exact) mass is 587 g/mol. The highest BCUT2D eigenvalue weighted by Gasteiger charge is 2.39. The van der Waals surface area contributed by atoms with Crippen LogP contribution in [0.2, 0.25) is 0 Å². The molecule has 3 N–H and O–H groups in total. The summed E-state index contributed by atoms with van der Waals surface area (Å²) in [7, 11) is 1.76. The van der Waals surface area contributed by atoms with Crippen molar-refractivity contribution in [1.82, 2.24) is 10.1 Å². The highest BCUT2D eigenvalue weighted by Crippen LogP contribution is 2.33. The van der Waals surface area contributed by atoms with Crippen LogP contribution in [0.25, 0.3) is 0 Å². The first kappa shape index (κ1) is 28.7. The Morgan fingerprint density at radius 1 is 0.977 bits per heavy atom. The van der Waals surface area contributed by atoms with Crippen molar-refractivity contribution in [3.63, 3.8) is 0 Å². The maximum atomic E-state index is 13.6. The summed E-state index contributed by atoms with van der Waals surface area (Å²) in [6.07, 6.45) is 5.48. The predicted octanol–water partition coefficient (Wildman–Crippen LogP) is 5.22. The number of anilines is 3. The number of carbonyl (C=O) groups is 3. The number of fused-ring (bicyclic) bond motifs is 3. The van der Waals surface area contributed by atoms with Crippen LogP contribution in [0.5, 0.6) is 5.75 Å². The van der Waals surface area contributed by atoms with Gasteiger partial charge in [0.2, 0.25) is 5.91 Å². The third-order valence-electron chi connectivity index (χ3n) is 8.59. The number of nitrogens with zero attached hydrogens (tertiary/aromatic N) is 2. The van der Waals surface area contributed by atoms with Gasteiger partial charge in [-0.15, -0.1) is 0 Å². The molecule has 3 atom stereocenters. The Morgan fingerprint density at radius 2 is 1.74 bits per heavy atom. The largest absolute Gasteiger partial charge is 0.490 e. The Bertz CT molecular complexity index is 1530. The first-order valence-electron chi connectivity index (χ1n) is 14.9. The molecule has 1 saturated heterocycles. The van der Waals surface area contributed by atoms with Gasteiger partial charge >= 0.3 is 6.03 Å². The molecule has 0 radical (unpaired) electrons. The quantitative estimate of drug-likeness (QED) is 0.372. The molecule has 2 aliphatic heterocycles. The first-order chi connectivity index (χ1) is 20.7. The van der Waals surface area contributed by atoms with Crippen molar-refractivity contribution in [1.29, 1.82) is 0 Å². The van der Waals surface area contributed by atoms with Gasteiger partial charge in [-0.25, -0.2) is 4.79 Å². The Morgan fingerprint density at radius 3 is 2.53 bits per heavy atom. The number of carbonyl (C=O) groups excluding carboxylic acids is 3. The van der Waals surface area contributed by atoms with Gasteiger partial charge in [0.15, 0.2) is 5.76 Å². The Hall–Kier alpha value is -4.38. The summed E-state index contributed by atoms with van der Waals surface area (Å²) in [4.78, 5) is 40.8. The average molecular weight is 588 g/mol. The SMILES string of the molecule is Cc1noc(C)c1NC(=O)Nc1ccc2c(c1)C(=O)N(C)[C@H]1CC[C@H](CC(=O)Nc3ccc4c(c3)CCCC4)O[C@@H]1CO2. The van der Waals surface area contributed by atoms with Gasteiger partial charge in [-0.3, -0.25) is 9.59 Å². The van der Waals surface area contributed by atoms with E-state index in [2.05, 4.69) is 33.2 Å². The number of likely N-dealkylation sites (N-methyl/N-ethyl adjacent to an activating group) is 1. The second-order valence-electron chi connectivity index (χ2n) is 11.6. The summed E-state index contributed by atoms with van der Waals surface area (Å²) < 4.78 is 17.5. The first-order valence-corrected chi connectivity index (χ1v) is 14.9. The second kappa shape index (κ2) is 12.1. The third kappa shape index (κ3) is 6.22. The molecule has 3 heterocycles. The molecular formula is C32H37N5O6. The van der Waals surface area contributed by atoms with Crippen LogP contribution in [-0.2, 0) is 22.4 Å². The minimum absolute atomic E-state index is 0.0841. The number of aromatic nitrogens is 1. The van der Waals surface area contributed by atoms with Crippen LogP contribution in [0.15, 0.2) is 40.9 Å². The van der Waals surface area contributed by atoms with Crippen LogP contribution in [0, 0.1) is 13.8 Å². The fraction of sp³-hybridized carbons (Fsp3) is 0.438. The molecular weight excluding hydrogens is 550 g/mol. The van der Waals surface area contributed by atoms with E-state index in [4.69, 9.17) is 14.0 Å². The third-order valence-corrected chi connectivity index (χ3v) is 8.59. The van der Waals surface area contributed by atoms with Gasteiger partial charge in [0, 0.05) is 18.4 Å². The van der Waals surface area contributed by atoms with Gasteiger partial charge in [-0.1, -0.05) is 11.2 Å². The van der Waals surface area contributed by atoms with Gasteiger partial charge in [0.1, 0.15) is 29.8 Å². The lowest BCUT2D eigenvalue weighted by molar-refractivity contribution is -0.130. The molecule has 3 aromatic rings. The molecule has 11 nitrogen and oxygen atoms in total. The summed E-state index contributed by atoms with van der Waals surface area (Å²) in [5.41, 5.74) is 5.38. The molecule has 226 valence electrons. The molecule has 0 bridgehead atoms. The van der Waals surface area contributed by atoms with E-state index in [-0.39, 0.29) is 43.1 Å². The van der Waals surface area contributed by atoms with E-state index in [1.165, 1.54) is 24.0 Å². The second-order valence-corrected chi connectivity index (χ2v) is 11.6. The number of aryl methyl sites for hydroxylation is 4. The van der Waals surface area contributed by atoms with E-state index in [0.717, 1.165) is 18.5 Å². The van der Waals surface area contributed by atoms with Crippen LogP contribution in [0.3, 0.4) is 0 Å². The molecule has 0 spiro atoms. The average Bonchev–Trinajstić information content (AvgIpc) is 3.31. The molecule has 2 aromatic carbocycles. The number of amides is 4. The number of hydrogen-bond acceptors (Lipinski definition) is 7. The zero-order chi connectivity index (χ0) is 30.1. The number of hydrogen-bond donors (Lipinski definition) is 3. The van der Waals surface area contributed by atoms with Gasteiger partial charge in [0.05, 0.1) is 24.1 Å². The minimum Gasteiger partial charge on any atom is -0.490 e. The van der Waals surface area contributed by atoms with Gasteiger partial charge in [-0.05, 0) is 93.8 Å². The normalized spacial score (nSPS) is 21.3. The van der Waals surface area contributed by atoms with E-state index in [1.807, 2.05) is 6.07 Å². The Labute approximate surface area is 250 Å². The smallest absolute Gasteiger partial charge is 0.323 e. The molecule has 1 fully saturated rings. The van der Waals surface area contributed by atoms with Crippen LogP contribution in [0.1, 0.15) is 65.0 Å². The Balaban J connectivity index is 1.08. The van der Waals surface area contributed by atoms with Crippen molar-refractivity contribution in [3.05, 3.63) is 64.5 Å².